The molecule has 1 aromatic rings. The smallest absolute Gasteiger partial charge is 0.126 e. The van der Waals surface area contributed by atoms with Crippen LogP contribution in [0.5, 0.6) is 5.75 Å². The molecular weight excluding hydrogens is 274 g/mol. The number of ether oxygens (including phenoxy) is 1. The SMILES string of the molecule is CCN(CC)[C@H]1CCC[C@@H](Oc2cccc(Cl)c2)[C@@H]1O. The molecule has 1 fully saturated rings. The van der Waals surface area contributed by atoms with Gasteiger partial charge in [-0.05, 0) is 50.6 Å². The summed E-state index contributed by atoms with van der Waals surface area (Å²) in [4.78, 5) is 2.32. The van der Waals surface area contributed by atoms with Crippen molar-refractivity contribution in [3.63, 3.8) is 0 Å². The van der Waals surface area contributed by atoms with Gasteiger partial charge in [0.05, 0.1) is 0 Å². The van der Waals surface area contributed by atoms with Crippen LogP contribution in [-0.4, -0.2) is 41.3 Å². The zero-order valence-electron chi connectivity index (χ0n) is 12.3. The molecule has 1 saturated carbocycles. The van der Waals surface area contributed by atoms with Crippen LogP contribution >= 0.6 is 11.6 Å². The lowest BCUT2D eigenvalue weighted by atomic mass is 9.88. The molecule has 4 heteroatoms. The van der Waals surface area contributed by atoms with E-state index in [9.17, 15) is 5.11 Å². The third-order valence-electron chi connectivity index (χ3n) is 4.13. The lowest BCUT2D eigenvalue weighted by Gasteiger charge is -2.40. The maximum atomic E-state index is 10.6. The highest BCUT2D eigenvalue weighted by Gasteiger charge is 2.35. The van der Waals surface area contributed by atoms with Gasteiger partial charge in [0.15, 0.2) is 0 Å². The van der Waals surface area contributed by atoms with E-state index >= 15 is 0 Å². The van der Waals surface area contributed by atoms with Crippen molar-refractivity contribution >= 4 is 11.6 Å². The molecule has 3 atom stereocenters. The molecule has 0 saturated heterocycles. The van der Waals surface area contributed by atoms with E-state index in [1.54, 1.807) is 6.07 Å². The molecule has 0 aromatic heterocycles. The van der Waals surface area contributed by atoms with Gasteiger partial charge in [-0.1, -0.05) is 31.5 Å². The highest BCUT2D eigenvalue weighted by Crippen LogP contribution is 2.28. The number of halogens is 1. The molecule has 1 N–H and O–H groups in total. The fourth-order valence-electron chi connectivity index (χ4n) is 3.05. The van der Waals surface area contributed by atoms with Crippen molar-refractivity contribution in [2.75, 3.05) is 13.1 Å². The van der Waals surface area contributed by atoms with Gasteiger partial charge in [0.2, 0.25) is 0 Å². The number of aliphatic hydroxyl groups is 1. The molecule has 0 radical (unpaired) electrons. The first-order chi connectivity index (χ1) is 9.65. The molecule has 0 amide bonds. The maximum absolute atomic E-state index is 10.6. The van der Waals surface area contributed by atoms with E-state index < -0.39 is 6.10 Å². The summed E-state index contributed by atoms with van der Waals surface area (Å²) in [6.45, 7) is 6.19. The quantitative estimate of drug-likeness (QED) is 0.905. The Hall–Kier alpha value is -0.770. The van der Waals surface area contributed by atoms with Crippen LogP contribution in [0, 0.1) is 0 Å². The van der Waals surface area contributed by atoms with Gasteiger partial charge in [-0.2, -0.15) is 0 Å². The number of hydrogen-bond acceptors (Lipinski definition) is 3. The fourth-order valence-corrected chi connectivity index (χ4v) is 3.23. The van der Waals surface area contributed by atoms with E-state index in [4.69, 9.17) is 16.3 Å². The third-order valence-corrected chi connectivity index (χ3v) is 4.36. The second-order valence-electron chi connectivity index (χ2n) is 5.32. The second kappa shape index (κ2) is 7.30. The summed E-state index contributed by atoms with van der Waals surface area (Å²) < 4.78 is 5.96. The zero-order valence-corrected chi connectivity index (χ0v) is 13.0. The van der Waals surface area contributed by atoms with Crippen molar-refractivity contribution in [2.45, 2.75) is 51.4 Å². The van der Waals surface area contributed by atoms with Crippen molar-refractivity contribution in [3.05, 3.63) is 29.3 Å². The van der Waals surface area contributed by atoms with Crippen LogP contribution in [0.15, 0.2) is 24.3 Å². The Morgan fingerprint density at radius 3 is 2.70 bits per heavy atom. The predicted molar refractivity (Wildman–Crippen MR) is 82.4 cm³/mol. The summed E-state index contributed by atoms with van der Waals surface area (Å²) in [5, 5.41) is 11.3. The molecule has 2 rings (SSSR count). The molecule has 112 valence electrons. The molecule has 0 bridgehead atoms. The average molecular weight is 298 g/mol. The van der Waals surface area contributed by atoms with Gasteiger partial charge >= 0.3 is 0 Å². The lowest BCUT2D eigenvalue weighted by Crippen LogP contribution is -2.52. The van der Waals surface area contributed by atoms with Gasteiger partial charge in [-0.15, -0.1) is 0 Å². The summed E-state index contributed by atoms with van der Waals surface area (Å²) >= 11 is 5.97. The van der Waals surface area contributed by atoms with E-state index in [0.717, 1.165) is 38.1 Å². The van der Waals surface area contributed by atoms with E-state index in [-0.39, 0.29) is 12.1 Å². The van der Waals surface area contributed by atoms with Crippen LogP contribution < -0.4 is 4.74 Å². The summed E-state index contributed by atoms with van der Waals surface area (Å²) in [5.41, 5.74) is 0. The zero-order chi connectivity index (χ0) is 14.5. The van der Waals surface area contributed by atoms with Crippen LogP contribution in [0.4, 0.5) is 0 Å². The van der Waals surface area contributed by atoms with E-state index in [2.05, 4.69) is 18.7 Å². The van der Waals surface area contributed by atoms with Crippen LogP contribution in [0.2, 0.25) is 5.02 Å². The summed E-state index contributed by atoms with van der Waals surface area (Å²) in [5.74, 6) is 0.738. The Kier molecular flexibility index (Phi) is 5.70. The van der Waals surface area contributed by atoms with Crippen molar-refractivity contribution in [1.29, 1.82) is 0 Å². The molecule has 20 heavy (non-hydrogen) atoms. The molecule has 0 heterocycles. The number of rotatable bonds is 5. The van der Waals surface area contributed by atoms with Crippen molar-refractivity contribution in [1.82, 2.24) is 4.90 Å². The number of aliphatic hydroxyl groups excluding tert-OH is 1. The van der Waals surface area contributed by atoms with Crippen LogP contribution in [0.25, 0.3) is 0 Å². The maximum Gasteiger partial charge on any atom is 0.126 e. The minimum Gasteiger partial charge on any atom is -0.488 e. The van der Waals surface area contributed by atoms with Crippen molar-refractivity contribution in [3.8, 4) is 5.75 Å². The Labute approximate surface area is 126 Å². The molecular formula is C16H24ClNO2. The third kappa shape index (κ3) is 3.66. The minimum atomic E-state index is -0.442. The molecule has 1 aromatic carbocycles. The predicted octanol–water partition coefficient (Wildman–Crippen LogP) is 3.34. The van der Waals surface area contributed by atoms with E-state index in [1.807, 2.05) is 18.2 Å². The van der Waals surface area contributed by atoms with Gasteiger partial charge in [0.25, 0.3) is 0 Å². The topological polar surface area (TPSA) is 32.7 Å². The van der Waals surface area contributed by atoms with Crippen molar-refractivity contribution < 1.29 is 9.84 Å². The Bertz CT molecular complexity index is 423. The van der Waals surface area contributed by atoms with Crippen molar-refractivity contribution in [2.24, 2.45) is 0 Å². The first-order valence-corrected chi connectivity index (χ1v) is 7.87. The highest BCUT2D eigenvalue weighted by molar-refractivity contribution is 6.30. The van der Waals surface area contributed by atoms with E-state index in [1.165, 1.54) is 0 Å². The summed E-state index contributed by atoms with van der Waals surface area (Å²) in [6.07, 6.45) is 2.43. The monoisotopic (exact) mass is 297 g/mol. The van der Waals surface area contributed by atoms with Gasteiger partial charge in [0, 0.05) is 11.1 Å². The first-order valence-electron chi connectivity index (χ1n) is 7.50. The average Bonchev–Trinajstić information content (AvgIpc) is 2.44. The number of benzene rings is 1. The van der Waals surface area contributed by atoms with Gasteiger partial charge in [-0.25, -0.2) is 0 Å². The molecule has 1 aliphatic carbocycles. The van der Waals surface area contributed by atoms with Gasteiger partial charge in [0.1, 0.15) is 18.0 Å². The van der Waals surface area contributed by atoms with E-state index in [0.29, 0.717) is 5.02 Å². The number of hydrogen-bond donors (Lipinski definition) is 1. The second-order valence-corrected chi connectivity index (χ2v) is 5.76. The Morgan fingerprint density at radius 1 is 1.30 bits per heavy atom. The normalized spacial score (nSPS) is 26.8. The molecule has 0 aliphatic heterocycles. The Morgan fingerprint density at radius 2 is 2.05 bits per heavy atom. The highest BCUT2D eigenvalue weighted by atomic mass is 35.5. The standard InChI is InChI=1S/C16H24ClNO2/c1-3-18(4-2)14-9-6-10-15(16(14)19)20-13-8-5-7-12(17)11-13/h5,7-8,11,14-16,19H,3-4,6,9-10H2,1-2H3/t14-,15+,16+/m0/s1. The van der Waals surface area contributed by atoms with Crippen LogP contribution in [0.3, 0.4) is 0 Å². The molecule has 3 nitrogen and oxygen atoms in total. The fraction of sp³-hybridized carbons (Fsp3) is 0.625. The lowest BCUT2D eigenvalue weighted by molar-refractivity contribution is -0.0511. The van der Waals surface area contributed by atoms with Crippen LogP contribution in [0.1, 0.15) is 33.1 Å². The van der Waals surface area contributed by atoms with Crippen LogP contribution in [-0.2, 0) is 0 Å². The Balaban J connectivity index is 2.04. The molecule has 0 unspecified atom stereocenters. The van der Waals surface area contributed by atoms with Gasteiger partial charge in [-0.3, -0.25) is 4.90 Å². The summed E-state index contributed by atoms with van der Waals surface area (Å²) in [7, 11) is 0. The summed E-state index contributed by atoms with van der Waals surface area (Å²) in [6, 6.07) is 7.58. The molecule has 0 spiro atoms. The number of nitrogens with zero attached hydrogens (tertiary/aromatic N) is 1. The minimum absolute atomic E-state index is 0.146. The van der Waals surface area contributed by atoms with Gasteiger partial charge < -0.3 is 9.84 Å². The molecule has 1 aliphatic rings. The largest absolute Gasteiger partial charge is 0.488 e. The number of likely N-dealkylation sites (N-methyl/N-ethyl adjacent to an activating group) is 1. The first kappa shape index (κ1) is 15.6.